The number of para-hydroxylation sites is 1. The Hall–Kier alpha value is -4.59. The number of methoxy groups -OCH3 is 1. The molecule has 0 saturated heterocycles. The minimum absolute atomic E-state index is 0.269. The Labute approximate surface area is 191 Å². The molecule has 4 aromatic rings. The van der Waals surface area contributed by atoms with E-state index < -0.39 is 0 Å². The van der Waals surface area contributed by atoms with Crippen molar-refractivity contribution >= 4 is 29.0 Å². The number of amides is 3. The van der Waals surface area contributed by atoms with Crippen LogP contribution in [0.4, 0.5) is 21.9 Å². The smallest absolute Gasteiger partial charge is 0.323 e. The monoisotopic (exact) mass is 441 g/mol. The molecule has 0 aliphatic carbocycles. The lowest BCUT2D eigenvalue weighted by Crippen LogP contribution is -2.20. The molecule has 0 saturated carbocycles. The molecule has 0 aliphatic heterocycles. The lowest BCUT2D eigenvalue weighted by molar-refractivity contribution is 0.102. The molecular weight excluding hydrogens is 418 g/mol. The molecule has 0 radical (unpaired) electrons. The van der Waals surface area contributed by atoms with Gasteiger partial charge in [-0.1, -0.05) is 24.3 Å². The number of rotatable bonds is 6. The number of hydrogen-bond donors (Lipinski definition) is 3. The summed E-state index contributed by atoms with van der Waals surface area (Å²) in [5.41, 5.74) is 3.74. The first-order valence-electron chi connectivity index (χ1n) is 10.3. The van der Waals surface area contributed by atoms with Crippen LogP contribution >= 0.6 is 0 Å². The zero-order chi connectivity index (χ0) is 23.2. The number of anilines is 3. The lowest BCUT2D eigenvalue weighted by atomic mass is 10.1. The third-order valence-corrected chi connectivity index (χ3v) is 4.93. The van der Waals surface area contributed by atoms with E-state index in [1.807, 2.05) is 55.5 Å². The summed E-state index contributed by atoms with van der Waals surface area (Å²) >= 11 is 0. The average molecular weight is 441 g/mol. The fraction of sp³-hybridized carbons (Fsp3) is 0.0800. The summed E-state index contributed by atoms with van der Waals surface area (Å²) in [4.78, 5) is 25.0. The predicted molar refractivity (Wildman–Crippen MR) is 128 cm³/mol. The number of carbonyl (C=O) groups is 2. The first kappa shape index (κ1) is 21.6. The second kappa shape index (κ2) is 9.69. The summed E-state index contributed by atoms with van der Waals surface area (Å²) in [5.74, 6) is 0.390. The van der Waals surface area contributed by atoms with Gasteiger partial charge in [0.2, 0.25) is 0 Å². The summed E-state index contributed by atoms with van der Waals surface area (Å²) in [5, 5.41) is 12.8. The van der Waals surface area contributed by atoms with Gasteiger partial charge >= 0.3 is 6.03 Å². The molecule has 8 nitrogen and oxygen atoms in total. The average Bonchev–Trinajstić information content (AvgIpc) is 3.32. The molecule has 166 valence electrons. The highest BCUT2D eigenvalue weighted by Crippen LogP contribution is 2.22. The van der Waals surface area contributed by atoms with Crippen molar-refractivity contribution in [1.29, 1.82) is 0 Å². The van der Waals surface area contributed by atoms with Crippen LogP contribution in [0.15, 0.2) is 85.1 Å². The predicted octanol–water partition coefficient (Wildman–Crippen LogP) is 5.09. The quantitative estimate of drug-likeness (QED) is 0.388. The van der Waals surface area contributed by atoms with Gasteiger partial charge < -0.3 is 20.7 Å². The summed E-state index contributed by atoms with van der Waals surface area (Å²) in [6.45, 7) is 1.87. The fourth-order valence-corrected chi connectivity index (χ4v) is 3.16. The molecule has 0 atom stereocenters. The number of nitrogens with one attached hydrogen (secondary N) is 3. The number of ether oxygens (including phenoxy) is 1. The molecule has 0 unspecified atom stereocenters. The van der Waals surface area contributed by atoms with Gasteiger partial charge in [0.25, 0.3) is 5.91 Å². The maximum Gasteiger partial charge on any atom is 0.323 e. The van der Waals surface area contributed by atoms with Crippen molar-refractivity contribution in [2.24, 2.45) is 0 Å². The molecule has 33 heavy (non-hydrogen) atoms. The van der Waals surface area contributed by atoms with Crippen LogP contribution in [0.1, 0.15) is 16.1 Å². The van der Waals surface area contributed by atoms with Crippen LogP contribution in [-0.2, 0) is 0 Å². The highest BCUT2D eigenvalue weighted by atomic mass is 16.5. The lowest BCUT2D eigenvalue weighted by Gasteiger charge is -2.12. The topological polar surface area (TPSA) is 97.3 Å². The normalized spacial score (nSPS) is 10.4. The van der Waals surface area contributed by atoms with Crippen LogP contribution in [0.2, 0.25) is 0 Å². The van der Waals surface area contributed by atoms with Crippen molar-refractivity contribution in [2.75, 3.05) is 23.1 Å². The van der Waals surface area contributed by atoms with E-state index >= 15 is 0 Å². The minimum atomic E-state index is -0.374. The summed E-state index contributed by atoms with van der Waals surface area (Å²) in [6.07, 6.45) is 1.72. The second-order valence-corrected chi connectivity index (χ2v) is 7.27. The second-order valence-electron chi connectivity index (χ2n) is 7.27. The van der Waals surface area contributed by atoms with E-state index in [2.05, 4.69) is 21.0 Å². The summed E-state index contributed by atoms with van der Waals surface area (Å²) in [7, 11) is 1.60. The fourth-order valence-electron chi connectivity index (χ4n) is 3.16. The third kappa shape index (κ3) is 5.37. The Balaban J connectivity index is 1.43. The molecule has 3 aromatic carbocycles. The SMILES string of the molecule is COc1ccc(-n2ccc(C(=O)Nc3cc(NC(=O)Nc4ccccc4)ccc3C)n2)cc1. The van der Waals surface area contributed by atoms with Gasteiger partial charge in [-0.3, -0.25) is 4.79 Å². The molecule has 0 aliphatic rings. The molecule has 3 amide bonds. The molecular formula is C25H23N5O3. The van der Waals surface area contributed by atoms with E-state index in [4.69, 9.17) is 4.74 Å². The number of carbonyl (C=O) groups excluding carboxylic acids is 2. The standard InChI is InChI=1S/C25H23N5O3/c1-17-8-9-19(27-25(32)26-18-6-4-3-5-7-18)16-23(17)28-24(31)22-14-15-30(29-22)20-10-12-21(33-2)13-11-20/h3-16H,1-2H3,(H,28,31)(H2,26,27,32). The number of nitrogens with zero attached hydrogens (tertiary/aromatic N) is 2. The van der Waals surface area contributed by atoms with Crippen LogP contribution in [0.5, 0.6) is 5.75 Å². The van der Waals surface area contributed by atoms with Gasteiger partial charge in [0.1, 0.15) is 5.75 Å². The van der Waals surface area contributed by atoms with Crippen molar-refractivity contribution in [1.82, 2.24) is 9.78 Å². The zero-order valence-corrected chi connectivity index (χ0v) is 18.2. The van der Waals surface area contributed by atoms with Crippen molar-refractivity contribution in [3.8, 4) is 11.4 Å². The maximum absolute atomic E-state index is 12.8. The van der Waals surface area contributed by atoms with Crippen LogP contribution in [0, 0.1) is 6.92 Å². The minimum Gasteiger partial charge on any atom is -0.497 e. The van der Waals surface area contributed by atoms with E-state index in [1.165, 1.54) is 0 Å². The van der Waals surface area contributed by atoms with Crippen molar-refractivity contribution in [3.05, 3.63) is 96.3 Å². The number of urea groups is 1. The van der Waals surface area contributed by atoms with Crippen LogP contribution in [-0.4, -0.2) is 28.8 Å². The Morgan fingerprint density at radius 1 is 0.848 bits per heavy atom. The molecule has 0 spiro atoms. The van der Waals surface area contributed by atoms with Crippen LogP contribution in [0.25, 0.3) is 5.69 Å². The largest absolute Gasteiger partial charge is 0.497 e. The van der Waals surface area contributed by atoms with E-state index in [0.29, 0.717) is 17.1 Å². The Morgan fingerprint density at radius 3 is 2.30 bits per heavy atom. The number of benzene rings is 3. The summed E-state index contributed by atoms with van der Waals surface area (Å²) in [6, 6.07) is 23.1. The first-order chi connectivity index (χ1) is 16.0. The van der Waals surface area contributed by atoms with Gasteiger partial charge in [-0.2, -0.15) is 5.10 Å². The van der Waals surface area contributed by atoms with Crippen LogP contribution < -0.4 is 20.7 Å². The van der Waals surface area contributed by atoms with Crippen LogP contribution in [0.3, 0.4) is 0 Å². The van der Waals surface area contributed by atoms with Gasteiger partial charge in [-0.05, 0) is 67.1 Å². The first-order valence-corrected chi connectivity index (χ1v) is 10.3. The molecule has 3 N–H and O–H groups in total. The van der Waals surface area contributed by atoms with E-state index in [-0.39, 0.29) is 17.6 Å². The number of aromatic nitrogens is 2. The van der Waals surface area contributed by atoms with Crippen molar-refractivity contribution < 1.29 is 14.3 Å². The number of aryl methyl sites for hydroxylation is 1. The van der Waals surface area contributed by atoms with Gasteiger partial charge in [-0.15, -0.1) is 0 Å². The molecule has 4 rings (SSSR count). The van der Waals surface area contributed by atoms with Gasteiger partial charge in [0, 0.05) is 23.3 Å². The highest BCUT2D eigenvalue weighted by Gasteiger charge is 2.13. The molecule has 1 aromatic heterocycles. The van der Waals surface area contributed by atoms with E-state index in [9.17, 15) is 9.59 Å². The van der Waals surface area contributed by atoms with Gasteiger partial charge in [0.05, 0.1) is 12.8 Å². The molecule has 1 heterocycles. The molecule has 0 bridgehead atoms. The zero-order valence-electron chi connectivity index (χ0n) is 18.2. The highest BCUT2D eigenvalue weighted by molar-refractivity contribution is 6.04. The van der Waals surface area contributed by atoms with E-state index in [1.54, 1.807) is 48.3 Å². The number of hydrogen-bond acceptors (Lipinski definition) is 4. The Kier molecular flexibility index (Phi) is 6.36. The van der Waals surface area contributed by atoms with Gasteiger partial charge in [-0.25, -0.2) is 9.48 Å². The summed E-state index contributed by atoms with van der Waals surface area (Å²) < 4.78 is 6.78. The van der Waals surface area contributed by atoms with Crippen molar-refractivity contribution in [3.63, 3.8) is 0 Å². The third-order valence-electron chi connectivity index (χ3n) is 4.93. The maximum atomic E-state index is 12.8. The Bertz CT molecular complexity index is 1270. The van der Waals surface area contributed by atoms with E-state index in [0.717, 1.165) is 17.0 Å². The Morgan fingerprint density at radius 2 is 1.58 bits per heavy atom. The van der Waals surface area contributed by atoms with Crippen molar-refractivity contribution in [2.45, 2.75) is 6.92 Å². The molecule has 0 fully saturated rings. The van der Waals surface area contributed by atoms with Gasteiger partial charge in [0.15, 0.2) is 5.69 Å². The molecule has 8 heteroatoms.